The Morgan fingerprint density at radius 3 is 2.53 bits per heavy atom. The monoisotopic (exact) mass is 215 g/mol. The number of aliphatic hydroxyl groups is 1. The zero-order valence-corrected chi connectivity index (χ0v) is 9.79. The van der Waals surface area contributed by atoms with Crippen LogP contribution in [0.15, 0.2) is 0 Å². The van der Waals surface area contributed by atoms with E-state index in [-0.39, 0.29) is 0 Å². The molecule has 0 saturated carbocycles. The number of hydrogen-bond donors (Lipinski definition) is 2. The first-order valence-corrected chi connectivity index (χ1v) is 5.53. The SMILES string of the molecule is CCC1(C(=O)O)CCCN1CC(C)(C)O. The highest BCUT2D eigenvalue weighted by Crippen LogP contribution is 2.33. The van der Waals surface area contributed by atoms with E-state index in [0.717, 1.165) is 13.0 Å². The van der Waals surface area contributed by atoms with Crippen LogP contribution in [0.25, 0.3) is 0 Å². The number of hydrogen-bond acceptors (Lipinski definition) is 3. The number of β-amino-alcohol motifs (C(OH)–C–C–N with tert-alkyl or cyclic N) is 1. The molecule has 1 unspecified atom stereocenters. The lowest BCUT2D eigenvalue weighted by Crippen LogP contribution is -2.54. The van der Waals surface area contributed by atoms with Gasteiger partial charge in [0.25, 0.3) is 0 Å². The van der Waals surface area contributed by atoms with Crippen molar-refractivity contribution in [2.24, 2.45) is 0 Å². The molecule has 88 valence electrons. The third-order valence-electron chi connectivity index (χ3n) is 3.18. The van der Waals surface area contributed by atoms with Gasteiger partial charge in [0.2, 0.25) is 0 Å². The zero-order valence-electron chi connectivity index (χ0n) is 9.79. The molecular weight excluding hydrogens is 194 g/mol. The molecule has 1 heterocycles. The minimum atomic E-state index is -0.833. The Balaban J connectivity index is 2.83. The predicted molar refractivity (Wildman–Crippen MR) is 57.8 cm³/mol. The Labute approximate surface area is 90.9 Å². The summed E-state index contributed by atoms with van der Waals surface area (Å²) in [7, 11) is 0. The van der Waals surface area contributed by atoms with E-state index in [1.54, 1.807) is 13.8 Å². The molecule has 0 amide bonds. The van der Waals surface area contributed by atoms with Crippen LogP contribution in [0.2, 0.25) is 0 Å². The lowest BCUT2D eigenvalue weighted by molar-refractivity contribution is -0.151. The summed E-state index contributed by atoms with van der Waals surface area (Å²) in [5.41, 5.74) is -1.58. The summed E-state index contributed by atoms with van der Waals surface area (Å²) < 4.78 is 0. The van der Waals surface area contributed by atoms with Crippen LogP contribution < -0.4 is 0 Å². The van der Waals surface area contributed by atoms with Crippen LogP contribution in [-0.2, 0) is 4.79 Å². The second kappa shape index (κ2) is 4.10. The molecule has 0 aromatic heterocycles. The smallest absolute Gasteiger partial charge is 0.324 e. The minimum Gasteiger partial charge on any atom is -0.480 e. The van der Waals surface area contributed by atoms with E-state index in [0.29, 0.717) is 19.4 Å². The van der Waals surface area contributed by atoms with E-state index < -0.39 is 17.1 Å². The van der Waals surface area contributed by atoms with Gasteiger partial charge in [0, 0.05) is 6.54 Å². The van der Waals surface area contributed by atoms with Gasteiger partial charge in [-0.25, -0.2) is 0 Å². The van der Waals surface area contributed by atoms with E-state index in [9.17, 15) is 15.0 Å². The number of rotatable bonds is 4. The molecule has 1 aliphatic rings. The standard InChI is InChI=1S/C11H21NO3/c1-4-11(9(13)14)6-5-7-12(11)8-10(2,3)15/h15H,4-8H2,1-3H3,(H,13,14). The molecule has 0 spiro atoms. The highest BCUT2D eigenvalue weighted by atomic mass is 16.4. The minimum absolute atomic E-state index is 0.424. The van der Waals surface area contributed by atoms with E-state index in [1.807, 2.05) is 11.8 Å². The van der Waals surface area contributed by atoms with Gasteiger partial charge in [0.1, 0.15) is 5.54 Å². The van der Waals surface area contributed by atoms with E-state index in [1.165, 1.54) is 0 Å². The summed E-state index contributed by atoms with van der Waals surface area (Å²) in [5.74, 6) is -0.758. The molecule has 15 heavy (non-hydrogen) atoms. The van der Waals surface area contributed by atoms with E-state index in [4.69, 9.17) is 0 Å². The van der Waals surface area contributed by atoms with Gasteiger partial charge in [0.05, 0.1) is 5.60 Å². The highest BCUT2D eigenvalue weighted by Gasteiger charge is 2.47. The van der Waals surface area contributed by atoms with Crippen molar-refractivity contribution >= 4 is 5.97 Å². The fraction of sp³-hybridized carbons (Fsp3) is 0.909. The van der Waals surface area contributed by atoms with Gasteiger partial charge in [-0.1, -0.05) is 6.92 Å². The van der Waals surface area contributed by atoms with Crippen LogP contribution in [0.4, 0.5) is 0 Å². The maximum atomic E-state index is 11.3. The maximum Gasteiger partial charge on any atom is 0.324 e. The van der Waals surface area contributed by atoms with Crippen molar-refractivity contribution in [2.75, 3.05) is 13.1 Å². The van der Waals surface area contributed by atoms with Crippen molar-refractivity contribution in [3.63, 3.8) is 0 Å². The average Bonchev–Trinajstić information content (AvgIpc) is 2.45. The maximum absolute atomic E-state index is 11.3. The van der Waals surface area contributed by atoms with Crippen LogP contribution in [0.3, 0.4) is 0 Å². The third-order valence-corrected chi connectivity index (χ3v) is 3.18. The largest absolute Gasteiger partial charge is 0.480 e. The van der Waals surface area contributed by atoms with Crippen LogP contribution in [0.5, 0.6) is 0 Å². The van der Waals surface area contributed by atoms with Crippen LogP contribution in [0.1, 0.15) is 40.0 Å². The first-order valence-electron chi connectivity index (χ1n) is 5.53. The number of carboxylic acid groups (broad SMARTS) is 1. The molecule has 1 aliphatic heterocycles. The summed E-state index contributed by atoms with van der Waals surface area (Å²) in [5, 5.41) is 19.1. The second-order valence-corrected chi connectivity index (χ2v) is 5.03. The van der Waals surface area contributed by atoms with Crippen molar-refractivity contribution in [3.8, 4) is 0 Å². The van der Waals surface area contributed by atoms with Crippen LogP contribution in [0, 0.1) is 0 Å². The van der Waals surface area contributed by atoms with Crippen molar-refractivity contribution in [1.82, 2.24) is 4.90 Å². The van der Waals surface area contributed by atoms with Gasteiger partial charge in [-0.05, 0) is 39.7 Å². The Kier molecular flexibility index (Phi) is 3.41. The number of carbonyl (C=O) groups is 1. The fourth-order valence-electron chi connectivity index (χ4n) is 2.43. The lowest BCUT2D eigenvalue weighted by Gasteiger charge is -2.37. The highest BCUT2D eigenvalue weighted by molar-refractivity contribution is 5.79. The van der Waals surface area contributed by atoms with E-state index >= 15 is 0 Å². The zero-order chi connectivity index (χ0) is 11.7. The van der Waals surface area contributed by atoms with Gasteiger partial charge in [0.15, 0.2) is 0 Å². The molecule has 4 nitrogen and oxygen atoms in total. The average molecular weight is 215 g/mol. The Bertz CT molecular complexity index is 247. The van der Waals surface area contributed by atoms with Gasteiger partial charge in [-0.3, -0.25) is 9.69 Å². The molecule has 0 aromatic rings. The summed E-state index contributed by atoms with van der Waals surface area (Å²) in [6.07, 6.45) is 2.18. The summed E-state index contributed by atoms with van der Waals surface area (Å²) in [6.45, 7) is 6.52. The van der Waals surface area contributed by atoms with Gasteiger partial charge >= 0.3 is 5.97 Å². The predicted octanol–water partition coefficient (Wildman–Crippen LogP) is 1.09. The molecule has 4 heteroatoms. The van der Waals surface area contributed by atoms with E-state index in [2.05, 4.69) is 0 Å². The lowest BCUT2D eigenvalue weighted by atomic mass is 9.92. The van der Waals surface area contributed by atoms with Crippen molar-refractivity contribution < 1.29 is 15.0 Å². The normalized spacial score (nSPS) is 28.3. The number of aliphatic carboxylic acids is 1. The number of carboxylic acids is 1. The van der Waals surface area contributed by atoms with Crippen molar-refractivity contribution in [3.05, 3.63) is 0 Å². The molecule has 1 rings (SSSR count). The molecule has 1 atom stereocenters. The van der Waals surface area contributed by atoms with Gasteiger partial charge in [-0.2, -0.15) is 0 Å². The van der Waals surface area contributed by atoms with Gasteiger partial charge in [-0.15, -0.1) is 0 Å². The molecular formula is C11H21NO3. The van der Waals surface area contributed by atoms with Gasteiger partial charge < -0.3 is 10.2 Å². The number of nitrogens with zero attached hydrogens (tertiary/aromatic N) is 1. The Hall–Kier alpha value is -0.610. The molecule has 0 radical (unpaired) electrons. The van der Waals surface area contributed by atoms with Crippen molar-refractivity contribution in [1.29, 1.82) is 0 Å². The number of likely N-dealkylation sites (tertiary alicyclic amines) is 1. The molecule has 1 fully saturated rings. The summed E-state index contributed by atoms with van der Waals surface area (Å²) >= 11 is 0. The third kappa shape index (κ3) is 2.49. The molecule has 0 aromatic carbocycles. The fourth-order valence-corrected chi connectivity index (χ4v) is 2.43. The second-order valence-electron chi connectivity index (χ2n) is 5.03. The quantitative estimate of drug-likeness (QED) is 0.737. The van der Waals surface area contributed by atoms with Crippen LogP contribution >= 0.6 is 0 Å². The summed E-state index contributed by atoms with van der Waals surface area (Å²) in [4.78, 5) is 13.2. The molecule has 2 N–H and O–H groups in total. The van der Waals surface area contributed by atoms with Crippen LogP contribution in [-0.4, -0.2) is 45.3 Å². The van der Waals surface area contributed by atoms with Crippen molar-refractivity contribution in [2.45, 2.75) is 51.2 Å². The molecule has 0 aliphatic carbocycles. The molecule has 1 saturated heterocycles. The Morgan fingerprint density at radius 2 is 2.13 bits per heavy atom. The topological polar surface area (TPSA) is 60.8 Å². The molecule has 0 bridgehead atoms. The first-order chi connectivity index (χ1) is 6.82. The first kappa shape index (κ1) is 12.5. The summed E-state index contributed by atoms with van der Waals surface area (Å²) in [6, 6.07) is 0. The Morgan fingerprint density at radius 1 is 1.53 bits per heavy atom.